The number of carboxylic acid groups (broad SMARTS) is 1. The number of aromatic nitrogens is 3. The Morgan fingerprint density at radius 1 is 1.22 bits per heavy atom. The van der Waals surface area contributed by atoms with Crippen LogP contribution in [0.2, 0.25) is 0 Å². The Kier molecular flexibility index (Phi) is 5.08. The highest BCUT2D eigenvalue weighted by molar-refractivity contribution is 5.79. The van der Waals surface area contributed by atoms with Crippen LogP contribution in [0, 0.1) is 19.3 Å². The molecule has 2 N–H and O–H groups in total. The zero-order valence-electron chi connectivity index (χ0n) is 18.5. The fourth-order valence-electron chi connectivity index (χ4n) is 4.98. The molecule has 0 radical (unpaired) electrons. The summed E-state index contributed by atoms with van der Waals surface area (Å²) in [5.41, 5.74) is 5.02. The van der Waals surface area contributed by atoms with Gasteiger partial charge in [0.1, 0.15) is 11.3 Å². The summed E-state index contributed by atoms with van der Waals surface area (Å²) in [4.78, 5) is 28.0. The van der Waals surface area contributed by atoms with Gasteiger partial charge in [-0.15, -0.1) is 0 Å². The van der Waals surface area contributed by atoms with Gasteiger partial charge >= 0.3 is 5.97 Å². The number of aryl methyl sites for hydroxylation is 2. The van der Waals surface area contributed by atoms with Gasteiger partial charge in [-0.3, -0.25) is 9.78 Å². The number of aromatic hydroxyl groups is 1. The first-order chi connectivity index (χ1) is 15.3. The van der Waals surface area contributed by atoms with Crippen LogP contribution in [0.25, 0.3) is 22.4 Å². The molecule has 1 aliphatic heterocycles. The number of piperidine rings is 1. The molecule has 1 atom stereocenters. The summed E-state index contributed by atoms with van der Waals surface area (Å²) in [6.45, 7) is 6.27. The van der Waals surface area contributed by atoms with Crippen LogP contribution in [0.4, 0.5) is 0 Å². The number of nitrogens with zero attached hydrogens (tertiary/aromatic N) is 4. The standard InChI is InChI=1S/C25H28N4O3/c1-15-10-16(2)22(21(30)11-15)18-5-6-19-23(27-18)28-20(12-26-19)17-4-3-9-29(13-17)14-25(7-8-25)24(31)32/h5-6,10-12,17,30H,3-4,7-9,13-14H2,1-2H3,(H,31,32). The number of hydrogen-bond acceptors (Lipinski definition) is 6. The van der Waals surface area contributed by atoms with Crippen molar-refractivity contribution < 1.29 is 15.0 Å². The molecule has 2 fully saturated rings. The Labute approximate surface area is 187 Å². The van der Waals surface area contributed by atoms with Crippen molar-refractivity contribution in [1.82, 2.24) is 19.9 Å². The molecule has 0 amide bonds. The highest BCUT2D eigenvalue weighted by Gasteiger charge is 2.51. The maximum Gasteiger partial charge on any atom is 0.310 e. The number of hydrogen-bond donors (Lipinski definition) is 2. The van der Waals surface area contributed by atoms with E-state index >= 15 is 0 Å². The molecule has 32 heavy (non-hydrogen) atoms. The van der Waals surface area contributed by atoms with E-state index in [0.29, 0.717) is 17.9 Å². The second-order valence-corrected chi connectivity index (χ2v) is 9.47. The van der Waals surface area contributed by atoms with Crippen molar-refractivity contribution in [1.29, 1.82) is 0 Å². The maximum absolute atomic E-state index is 11.6. The van der Waals surface area contributed by atoms with E-state index in [1.54, 1.807) is 6.07 Å². The van der Waals surface area contributed by atoms with Gasteiger partial charge in [-0.2, -0.15) is 0 Å². The van der Waals surface area contributed by atoms with E-state index in [0.717, 1.165) is 66.7 Å². The summed E-state index contributed by atoms with van der Waals surface area (Å²) >= 11 is 0. The predicted molar refractivity (Wildman–Crippen MR) is 122 cm³/mol. The van der Waals surface area contributed by atoms with Crippen LogP contribution in [0.3, 0.4) is 0 Å². The molecule has 3 aromatic rings. The van der Waals surface area contributed by atoms with Crippen LogP contribution in [0.5, 0.6) is 5.75 Å². The number of likely N-dealkylation sites (tertiary alicyclic amines) is 1. The molecule has 166 valence electrons. The Morgan fingerprint density at radius 3 is 2.75 bits per heavy atom. The molecule has 1 saturated carbocycles. The molecule has 5 rings (SSSR count). The fraction of sp³-hybridized carbons (Fsp3) is 0.440. The van der Waals surface area contributed by atoms with Crippen molar-refractivity contribution in [3.8, 4) is 17.0 Å². The number of phenols is 1. The first kappa shape index (κ1) is 20.8. The lowest BCUT2D eigenvalue weighted by Gasteiger charge is -2.34. The Bertz CT molecular complexity index is 1180. The monoisotopic (exact) mass is 432 g/mol. The minimum Gasteiger partial charge on any atom is -0.507 e. The second-order valence-electron chi connectivity index (χ2n) is 9.47. The highest BCUT2D eigenvalue weighted by Crippen LogP contribution is 2.47. The SMILES string of the molecule is Cc1cc(C)c(-c2ccc3ncc(C4CCCN(CC5(C(=O)O)CC5)C4)nc3n2)c(O)c1. The highest BCUT2D eigenvalue weighted by atomic mass is 16.4. The van der Waals surface area contributed by atoms with Gasteiger partial charge in [-0.1, -0.05) is 6.07 Å². The van der Waals surface area contributed by atoms with E-state index in [2.05, 4.69) is 9.88 Å². The van der Waals surface area contributed by atoms with Gasteiger partial charge in [0, 0.05) is 30.8 Å². The summed E-state index contributed by atoms with van der Waals surface area (Å²) in [5, 5.41) is 20.0. The molecular formula is C25H28N4O3. The summed E-state index contributed by atoms with van der Waals surface area (Å²) in [6.07, 6.45) is 5.41. The van der Waals surface area contributed by atoms with Gasteiger partial charge in [0.2, 0.25) is 0 Å². The molecule has 2 aliphatic rings. The third-order valence-electron chi connectivity index (χ3n) is 6.90. The van der Waals surface area contributed by atoms with E-state index in [4.69, 9.17) is 9.97 Å². The molecule has 1 unspecified atom stereocenters. The minimum atomic E-state index is -0.670. The van der Waals surface area contributed by atoms with Crippen molar-refractivity contribution in [3.63, 3.8) is 0 Å². The van der Waals surface area contributed by atoms with E-state index in [1.807, 2.05) is 38.2 Å². The van der Waals surface area contributed by atoms with E-state index in [1.165, 1.54) is 0 Å². The van der Waals surface area contributed by atoms with Gasteiger partial charge < -0.3 is 15.1 Å². The molecule has 0 bridgehead atoms. The van der Waals surface area contributed by atoms with E-state index < -0.39 is 11.4 Å². The number of carbonyl (C=O) groups is 1. The quantitative estimate of drug-likeness (QED) is 0.627. The summed E-state index contributed by atoms with van der Waals surface area (Å²) in [7, 11) is 0. The number of phenolic OH excluding ortho intramolecular Hbond substituents is 1. The molecule has 1 aliphatic carbocycles. The van der Waals surface area contributed by atoms with E-state index in [-0.39, 0.29) is 11.7 Å². The van der Waals surface area contributed by atoms with Crippen molar-refractivity contribution in [3.05, 3.63) is 47.3 Å². The molecular weight excluding hydrogens is 404 g/mol. The Morgan fingerprint density at radius 2 is 2.03 bits per heavy atom. The van der Waals surface area contributed by atoms with Crippen LogP contribution in [-0.4, -0.2) is 55.7 Å². The number of pyridine rings is 1. The lowest BCUT2D eigenvalue weighted by atomic mass is 9.93. The summed E-state index contributed by atoms with van der Waals surface area (Å²) in [5.74, 6) is -0.240. The van der Waals surface area contributed by atoms with Crippen LogP contribution in [0.15, 0.2) is 30.5 Å². The van der Waals surface area contributed by atoms with Crippen molar-refractivity contribution >= 4 is 17.1 Å². The third kappa shape index (κ3) is 3.81. The van der Waals surface area contributed by atoms with Crippen molar-refractivity contribution in [2.75, 3.05) is 19.6 Å². The zero-order chi connectivity index (χ0) is 22.5. The molecule has 1 saturated heterocycles. The minimum absolute atomic E-state index is 0.213. The third-order valence-corrected chi connectivity index (χ3v) is 6.90. The first-order valence-corrected chi connectivity index (χ1v) is 11.2. The number of carboxylic acids is 1. The molecule has 1 aromatic carbocycles. The topological polar surface area (TPSA) is 99.4 Å². The number of rotatable bonds is 5. The smallest absolute Gasteiger partial charge is 0.310 e. The Balaban J connectivity index is 1.42. The molecule has 7 nitrogen and oxygen atoms in total. The summed E-state index contributed by atoms with van der Waals surface area (Å²) in [6, 6.07) is 7.54. The number of fused-ring (bicyclic) bond motifs is 1. The maximum atomic E-state index is 11.6. The van der Waals surface area contributed by atoms with Crippen LogP contribution < -0.4 is 0 Å². The van der Waals surface area contributed by atoms with Crippen LogP contribution in [-0.2, 0) is 4.79 Å². The number of aliphatic carboxylic acids is 1. The molecule has 0 spiro atoms. The van der Waals surface area contributed by atoms with Crippen LogP contribution in [0.1, 0.15) is 48.4 Å². The zero-order valence-corrected chi connectivity index (χ0v) is 18.5. The van der Waals surface area contributed by atoms with Gasteiger partial charge in [0.15, 0.2) is 5.65 Å². The fourth-order valence-corrected chi connectivity index (χ4v) is 4.98. The predicted octanol–water partition coefficient (Wildman–Crippen LogP) is 4.06. The van der Waals surface area contributed by atoms with Gasteiger partial charge in [-0.05, 0) is 75.4 Å². The lowest BCUT2D eigenvalue weighted by molar-refractivity contribution is -0.144. The lowest BCUT2D eigenvalue weighted by Crippen LogP contribution is -2.40. The van der Waals surface area contributed by atoms with Gasteiger partial charge in [0.25, 0.3) is 0 Å². The van der Waals surface area contributed by atoms with Crippen molar-refractivity contribution in [2.45, 2.75) is 45.4 Å². The summed E-state index contributed by atoms with van der Waals surface area (Å²) < 4.78 is 0. The normalized spacial score (nSPS) is 20.4. The Hall–Kier alpha value is -3.06. The molecule has 3 heterocycles. The largest absolute Gasteiger partial charge is 0.507 e. The van der Waals surface area contributed by atoms with Gasteiger partial charge in [0.05, 0.1) is 16.8 Å². The number of benzene rings is 1. The van der Waals surface area contributed by atoms with Crippen LogP contribution >= 0.6 is 0 Å². The van der Waals surface area contributed by atoms with E-state index in [9.17, 15) is 15.0 Å². The average molecular weight is 433 g/mol. The van der Waals surface area contributed by atoms with Crippen molar-refractivity contribution in [2.24, 2.45) is 5.41 Å². The molecule has 7 heteroatoms. The first-order valence-electron chi connectivity index (χ1n) is 11.2. The molecule has 2 aromatic heterocycles. The average Bonchev–Trinajstić information content (AvgIpc) is 3.53. The van der Waals surface area contributed by atoms with Gasteiger partial charge in [-0.25, -0.2) is 9.97 Å². The second kappa shape index (κ2) is 7.81.